The highest BCUT2D eigenvalue weighted by Gasteiger charge is 2.11. The third kappa shape index (κ3) is 4.64. The van der Waals surface area contributed by atoms with E-state index in [1.807, 2.05) is 50.2 Å². The number of rotatable bonds is 6. The van der Waals surface area contributed by atoms with Crippen LogP contribution < -0.4 is 15.4 Å². The van der Waals surface area contributed by atoms with Crippen molar-refractivity contribution in [2.24, 2.45) is 0 Å². The van der Waals surface area contributed by atoms with Gasteiger partial charge in [-0.25, -0.2) is 4.98 Å². The van der Waals surface area contributed by atoms with E-state index in [4.69, 9.17) is 4.74 Å². The minimum absolute atomic E-state index is 0.215. The zero-order chi connectivity index (χ0) is 19.2. The van der Waals surface area contributed by atoms with Crippen molar-refractivity contribution in [1.29, 1.82) is 0 Å². The van der Waals surface area contributed by atoms with E-state index < -0.39 is 0 Å². The summed E-state index contributed by atoms with van der Waals surface area (Å²) < 4.78 is 5.56. The van der Waals surface area contributed by atoms with Gasteiger partial charge >= 0.3 is 0 Å². The Labute approximate surface area is 159 Å². The summed E-state index contributed by atoms with van der Waals surface area (Å²) in [5.41, 5.74) is 4.45. The molecule has 0 aliphatic carbocycles. The van der Waals surface area contributed by atoms with Crippen molar-refractivity contribution in [2.45, 2.75) is 20.8 Å². The van der Waals surface area contributed by atoms with E-state index in [1.165, 1.54) is 5.56 Å². The third-order valence-electron chi connectivity index (χ3n) is 4.10. The molecule has 0 saturated heterocycles. The van der Waals surface area contributed by atoms with Gasteiger partial charge in [-0.05, 0) is 56.7 Å². The Balaban J connectivity index is 1.78. The highest BCUT2D eigenvalue weighted by molar-refractivity contribution is 6.05. The van der Waals surface area contributed by atoms with E-state index in [1.54, 1.807) is 18.3 Å². The Morgan fingerprint density at radius 1 is 1.04 bits per heavy atom. The second-order valence-electron chi connectivity index (χ2n) is 6.26. The number of amides is 1. The summed E-state index contributed by atoms with van der Waals surface area (Å²) in [6, 6.07) is 17.0. The molecule has 5 heteroatoms. The molecule has 3 rings (SSSR count). The molecule has 138 valence electrons. The molecule has 0 radical (unpaired) electrons. The summed E-state index contributed by atoms with van der Waals surface area (Å²) in [5, 5.41) is 6.18. The Hall–Kier alpha value is -3.34. The maximum atomic E-state index is 12.7. The smallest absolute Gasteiger partial charge is 0.255 e. The first-order valence-electron chi connectivity index (χ1n) is 8.90. The van der Waals surface area contributed by atoms with Gasteiger partial charge in [0.2, 0.25) is 0 Å². The number of para-hydroxylation sites is 2. The predicted molar refractivity (Wildman–Crippen MR) is 109 cm³/mol. The van der Waals surface area contributed by atoms with Crippen LogP contribution in [-0.2, 0) is 0 Å². The molecule has 1 amide bonds. The van der Waals surface area contributed by atoms with Gasteiger partial charge in [-0.15, -0.1) is 0 Å². The molecule has 0 aliphatic rings. The van der Waals surface area contributed by atoms with Gasteiger partial charge in [0.1, 0.15) is 11.6 Å². The van der Waals surface area contributed by atoms with Gasteiger partial charge in [-0.2, -0.15) is 0 Å². The Morgan fingerprint density at radius 2 is 1.85 bits per heavy atom. The minimum Gasteiger partial charge on any atom is -0.492 e. The van der Waals surface area contributed by atoms with Crippen LogP contribution in [0.1, 0.15) is 28.4 Å². The molecular formula is C22H23N3O2. The quantitative estimate of drug-likeness (QED) is 0.642. The number of nitrogens with zero attached hydrogens (tertiary/aromatic N) is 1. The van der Waals surface area contributed by atoms with E-state index in [0.717, 1.165) is 11.3 Å². The van der Waals surface area contributed by atoms with E-state index in [-0.39, 0.29) is 5.91 Å². The zero-order valence-electron chi connectivity index (χ0n) is 15.7. The first kappa shape index (κ1) is 18.5. The number of hydrogen-bond acceptors (Lipinski definition) is 4. The van der Waals surface area contributed by atoms with Crippen LogP contribution in [0.3, 0.4) is 0 Å². The minimum atomic E-state index is -0.215. The highest BCUT2D eigenvalue weighted by Crippen LogP contribution is 2.25. The molecule has 0 spiro atoms. The molecule has 1 heterocycles. The topological polar surface area (TPSA) is 63.2 Å². The summed E-state index contributed by atoms with van der Waals surface area (Å²) in [6.45, 7) is 6.54. The third-order valence-corrected chi connectivity index (χ3v) is 4.10. The van der Waals surface area contributed by atoms with Gasteiger partial charge in [-0.1, -0.05) is 29.8 Å². The lowest BCUT2D eigenvalue weighted by Crippen LogP contribution is -2.13. The molecule has 5 nitrogen and oxygen atoms in total. The SMILES string of the molecule is CCOc1ccccc1NC(=O)c1ccnc(Nc2ccc(C)cc2C)c1. The lowest BCUT2D eigenvalue weighted by atomic mass is 10.1. The van der Waals surface area contributed by atoms with Gasteiger partial charge in [0.25, 0.3) is 5.91 Å². The van der Waals surface area contributed by atoms with Crippen molar-refractivity contribution in [3.05, 3.63) is 77.5 Å². The second kappa shape index (κ2) is 8.36. The van der Waals surface area contributed by atoms with Crippen molar-refractivity contribution in [3.63, 3.8) is 0 Å². The van der Waals surface area contributed by atoms with Gasteiger partial charge in [0.15, 0.2) is 0 Å². The molecule has 0 fully saturated rings. The number of pyridine rings is 1. The lowest BCUT2D eigenvalue weighted by molar-refractivity contribution is 0.102. The van der Waals surface area contributed by atoms with Gasteiger partial charge in [-0.3, -0.25) is 4.79 Å². The van der Waals surface area contributed by atoms with Crippen molar-refractivity contribution in [2.75, 3.05) is 17.2 Å². The molecule has 0 atom stereocenters. The van der Waals surface area contributed by atoms with E-state index in [0.29, 0.717) is 29.4 Å². The summed E-state index contributed by atoms with van der Waals surface area (Å²) in [5.74, 6) is 1.05. The largest absolute Gasteiger partial charge is 0.492 e. The van der Waals surface area contributed by atoms with E-state index in [9.17, 15) is 4.79 Å². The molecule has 2 aromatic carbocycles. The number of carbonyl (C=O) groups is 1. The highest BCUT2D eigenvalue weighted by atomic mass is 16.5. The first-order valence-corrected chi connectivity index (χ1v) is 8.90. The fourth-order valence-electron chi connectivity index (χ4n) is 2.78. The number of hydrogen-bond donors (Lipinski definition) is 2. The Kier molecular flexibility index (Phi) is 5.71. The van der Waals surface area contributed by atoms with Crippen LogP contribution in [0.25, 0.3) is 0 Å². The van der Waals surface area contributed by atoms with Crippen molar-refractivity contribution >= 4 is 23.1 Å². The molecule has 1 aromatic heterocycles. The molecular weight excluding hydrogens is 338 g/mol. The van der Waals surface area contributed by atoms with Crippen LogP contribution in [0.15, 0.2) is 60.8 Å². The average molecular weight is 361 g/mol. The normalized spacial score (nSPS) is 10.3. The number of carbonyl (C=O) groups excluding carboxylic acids is 1. The molecule has 0 bridgehead atoms. The second-order valence-corrected chi connectivity index (χ2v) is 6.26. The molecule has 27 heavy (non-hydrogen) atoms. The van der Waals surface area contributed by atoms with Gasteiger partial charge in [0.05, 0.1) is 12.3 Å². The molecule has 2 N–H and O–H groups in total. The van der Waals surface area contributed by atoms with Gasteiger partial charge in [0, 0.05) is 17.4 Å². The molecule has 0 aliphatic heterocycles. The number of benzene rings is 2. The Morgan fingerprint density at radius 3 is 2.63 bits per heavy atom. The lowest BCUT2D eigenvalue weighted by Gasteiger charge is -2.12. The number of aromatic nitrogens is 1. The van der Waals surface area contributed by atoms with Crippen LogP contribution in [0.5, 0.6) is 5.75 Å². The number of aryl methyl sites for hydroxylation is 2. The van der Waals surface area contributed by atoms with Crippen molar-refractivity contribution in [1.82, 2.24) is 4.98 Å². The maximum absolute atomic E-state index is 12.7. The van der Waals surface area contributed by atoms with Crippen LogP contribution in [-0.4, -0.2) is 17.5 Å². The van der Waals surface area contributed by atoms with Crippen LogP contribution in [0, 0.1) is 13.8 Å². The average Bonchev–Trinajstić information content (AvgIpc) is 2.66. The fourth-order valence-corrected chi connectivity index (χ4v) is 2.78. The first-order chi connectivity index (χ1) is 13.1. The number of anilines is 3. The maximum Gasteiger partial charge on any atom is 0.255 e. The van der Waals surface area contributed by atoms with Crippen LogP contribution in [0.4, 0.5) is 17.2 Å². The van der Waals surface area contributed by atoms with Crippen molar-refractivity contribution < 1.29 is 9.53 Å². The van der Waals surface area contributed by atoms with Crippen molar-refractivity contribution in [3.8, 4) is 5.75 Å². The van der Waals surface area contributed by atoms with Gasteiger partial charge < -0.3 is 15.4 Å². The molecule has 0 saturated carbocycles. The standard InChI is InChI=1S/C22H23N3O2/c1-4-27-20-8-6-5-7-19(20)25-22(26)17-11-12-23-21(14-17)24-18-10-9-15(2)13-16(18)3/h5-14H,4H2,1-3H3,(H,23,24)(H,25,26). The van der Waals surface area contributed by atoms with Crippen LogP contribution >= 0.6 is 0 Å². The number of nitrogens with one attached hydrogen (secondary N) is 2. The summed E-state index contributed by atoms with van der Waals surface area (Å²) in [4.78, 5) is 17.0. The predicted octanol–water partition coefficient (Wildman–Crippen LogP) is 5.09. The van der Waals surface area contributed by atoms with E-state index in [2.05, 4.69) is 28.6 Å². The monoisotopic (exact) mass is 361 g/mol. The summed E-state index contributed by atoms with van der Waals surface area (Å²) in [6.07, 6.45) is 1.62. The zero-order valence-corrected chi connectivity index (χ0v) is 15.7. The van der Waals surface area contributed by atoms with Crippen LogP contribution in [0.2, 0.25) is 0 Å². The summed E-state index contributed by atoms with van der Waals surface area (Å²) in [7, 11) is 0. The summed E-state index contributed by atoms with van der Waals surface area (Å²) >= 11 is 0. The van der Waals surface area contributed by atoms with E-state index >= 15 is 0 Å². The number of ether oxygens (including phenoxy) is 1. The molecule has 0 unspecified atom stereocenters. The molecule has 3 aromatic rings. The Bertz CT molecular complexity index is 954. The fraction of sp³-hybridized carbons (Fsp3) is 0.182.